The zero-order valence-electron chi connectivity index (χ0n) is 14.3. The second-order valence-electron chi connectivity index (χ2n) is 7.08. The monoisotopic (exact) mass is 390 g/mol. The summed E-state index contributed by atoms with van der Waals surface area (Å²) >= 11 is -0.323. The van der Waals surface area contributed by atoms with E-state index in [2.05, 4.69) is 79.8 Å². The molecule has 1 heteroatoms. The van der Waals surface area contributed by atoms with E-state index in [1.165, 1.54) is 28.1 Å². The van der Waals surface area contributed by atoms with Crippen LogP contribution in [0.1, 0.15) is 53.9 Å². The Kier molecular flexibility index (Phi) is 4.99. The van der Waals surface area contributed by atoms with Crippen LogP contribution in [0.25, 0.3) is 12.2 Å². The van der Waals surface area contributed by atoms with Crippen LogP contribution < -0.4 is 0 Å². The molecule has 2 aromatic rings. The average molecular weight is 392 g/mol. The van der Waals surface area contributed by atoms with Crippen molar-refractivity contribution in [3.63, 3.8) is 0 Å². The van der Waals surface area contributed by atoms with Crippen LogP contribution in [0.4, 0.5) is 0 Å². The number of hydrogen-bond donors (Lipinski definition) is 0. The van der Waals surface area contributed by atoms with Gasteiger partial charge in [0.2, 0.25) is 0 Å². The third kappa shape index (κ3) is 3.43. The van der Waals surface area contributed by atoms with Gasteiger partial charge >= 0.3 is 158 Å². The minimum absolute atomic E-state index is 0.323. The van der Waals surface area contributed by atoms with Crippen LogP contribution in [0.15, 0.2) is 60.7 Å². The van der Waals surface area contributed by atoms with Gasteiger partial charge in [-0.25, -0.2) is 0 Å². The van der Waals surface area contributed by atoms with Crippen LogP contribution >= 0.6 is 0 Å². The van der Waals surface area contributed by atoms with Crippen molar-refractivity contribution >= 4 is 12.2 Å². The van der Waals surface area contributed by atoms with E-state index in [9.17, 15) is 0 Å². The first-order chi connectivity index (χ1) is 11.8. The van der Waals surface area contributed by atoms with Crippen LogP contribution in [-0.2, 0) is 23.2 Å². The molecule has 0 aliphatic heterocycles. The van der Waals surface area contributed by atoms with Crippen molar-refractivity contribution in [1.29, 1.82) is 0 Å². The molecule has 0 nitrogen and oxygen atoms in total. The average Bonchev–Trinajstić information content (AvgIpc) is 3.22. The minimum atomic E-state index is -0.323. The fourth-order valence-electron chi connectivity index (χ4n) is 3.94. The molecule has 0 amide bonds. The van der Waals surface area contributed by atoms with Crippen LogP contribution in [0.2, 0.25) is 7.75 Å². The van der Waals surface area contributed by atoms with E-state index in [-0.39, 0.29) is 23.2 Å². The van der Waals surface area contributed by atoms with E-state index in [0.29, 0.717) is 11.8 Å². The first kappa shape index (κ1) is 16.3. The molecule has 0 saturated carbocycles. The van der Waals surface area contributed by atoms with E-state index < -0.39 is 0 Å². The molecule has 0 spiro atoms. The van der Waals surface area contributed by atoms with Crippen molar-refractivity contribution in [2.75, 3.05) is 0 Å². The van der Waals surface area contributed by atoms with Crippen molar-refractivity contribution in [3.8, 4) is 0 Å². The van der Waals surface area contributed by atoms with E-state index >= 15 is 0 Å². The molecule has 0 radical (unpaired) electrons. The molecule has 0 fully saturated rings. The topological polar surface area (TPSA) is 0 Å². The quantitative estimate of drug-likeness (QED) is 0.514. The summed E-state index contributed by atoms with van der Waals surface area (Å²) in [5, 5.41) is 0. The van der Waals surface area contributed by atoms with Crippen molar-refractivity contribution in [2.24, 2.45) is 0 Å². The third-order valence-corrected chi connectivity index (χ3v) is 9.49. The first-order valence-corrected chi connectivity index (χ1v) is 12.2. The molecule has 0 saturated heterocycles. The Hall–Kier alpha value is -1.20. The van der Waals surface area contributed by atoms with Gasteiger partial charge in [0, 0.05) is 0 Å². The van der Waals surface area contributed by atoms with Crippen molar-refractivity contribution in [1.82, 2.24) is 0 Å². The Morgan fingerprint density at radius 1 is 0.833 bits per heavy atom. The van der Waals surface area contributed by atoms with Gasteiger partial charge in [0.1, 0.15) is 0 Å². The van der Waals surface area contributed by atoms with Crippen LogP contribution in [-0.4, -0.2) is 0 Å². The summed E-state index contributed by atoms with van der Waals surface area (Å²) in [6.07, 6.45) is 12.2. The first-order valence-electron chi connectivity index (χ1n) is 9.09. The Morgan fingerprint density at radius 3 is 2.12 bits per heavy atom. The molecule has 4 rings (SSSR count). The molecule has 0 bridgehead atoms. The number of allylic oxidation sites excluding steroid dienone is 2. The Bertz CT molecular complexity index is 706. The zero-order chi connectivity index (χ0) is 16.4. The predicted octanol–water partition coefficient (Wildman–Crippen LogP) is 6.70. The van der Waals surface area contributed by atoms with Gasteiger partial charge in [0.15, 0.2) is 0 Å². The summed E-state index contributed by atoms with van der Waals surface area (Å²) in [7, 11) is 0. The van der Waals surface area contributed by atoms with Crippen molar-refractivity contribution in [3.05, 3.63) is 82.9 Å². The molecule has 120 valence electrons. The van der Waals surface area contributed by atoms with E-state index in [0.717, 1.165) is 3.63 Å². The summed E-state index contributed by atoms with van der Waals surface area (Å²) < 4.78 is 2.42. The number of fused-ring (bicyclic) bond motifs is 2. The molecular weight excluding hydrogens is 367 g/mol. The van der Waals surface area contributed by atoms with Crippen molar-refractivity contribution in [2.45, 2.75) is 39.4 Å². The van der Waals surface area contributed by atoms with Gasteiger partial charge in [0.25, 0.3) is 0 Å². The van der Waals surface area contributed by atoms with Crippen molar-refractivity contribution < 1.29 is 23.2 Å². The van der Waals surface area contributed by atoms with E-state index in [4.69, 9.17) is 0 Å². The van der Waals surface area contributed by atoms with Gasteiger partial charge in [-0.3, -0.25) is 0 Å². The number of rotatable bonds is 6. The summed E-state index contributed by atoms with van der Waals surface area (Å²) in [6.45, 7) is 2.50. The third-order valence-electron chi connectivity index (χ3n) is 5.40. The second kappa shape index (κ2) is 7.36. The molecule has 0 aromatic heterocycles. The summed E-state index contributed by atoms with van der Waals surface area (Å²) in [6, 6.07) is 17.8. The Labute approximate surface area is 157 Å². The van der Waals surface area contributed by atoms with Gasteiger partial charge < -0.3 is 0 Å². The molecule has 2 aliphatic carbocycles. The zero-order valence-corrected chi connectivity index (χ0v) is 16.7. The number of benzene rings is 2. The van der Waals surface area contributed by atoms with Gasteiger partial charge in [0.05, 0.1) is 0 Å². The maximum absolute atomic E-state index is 2.50. The summed E-state index contributed by atoms with van der Waals surface area (Å²) in [4.78, 5) is 0. The fourth-order valence-corrected chi connectivity index (χ4v) is 7.34. The van der Waals surface area contributed by atoms with E-state index in [1.54, 1.807) is 11.1 Å². The maximum atomic E-state index is 2.50. The fraction of sp³-hybridized carbons (Fsp3) is 0.304. The number of hydrogen-bond acceptors (Lipinski definition) is 0. The molecule has 0 heterocycles. The molecule has 3 atom stereocenters. The van der Waals surface area contributed by atoms with Crippen LogP contribution in [0.5, 0.6) is 0 Å². The van der Waals surface area contributed by atoms with Gasteiger partial charge in [-0.1, -0.05) is 0 Å². The molecular formula is C23H24Zr. The molecule has 3 unspecified atom stereocenters. The molecule has 2 aliphatic rings. The second-order valence-corrected chi connectivity index (χ2v) is 11.5. The van der Waals surface area contributed by atoms with Crippen LogP contribution in [0.3, 0.4) is 0 Å². The van der Waals surface area contributed by atoms with Crippen LogP contribution in [0, 0.1) is 0 Å². The van der Waals surface area contributed by atoms with Gasteiger partial charge in [-0.05, 0) is 0 Å². The Morgan fingerprint density at radius 2 is 1.42 bits per heavy atom. The summed E-state index contributed by atoms with van der Waals surface area (Å²) in [5.41, 5.74) is 5.99. The Balaban J connectivity index is 1.27. The standard InChI is InChI=1S/C13H15.C10H9.Zr/c1-2-3-6-11-9-10-12-7-4-5-8-13(11)12;1-8-6-7-9-4-2-3-5-10(8)9;/h2,4-5,7-11H,3,6H2,1H3;2-8H,1H2;. The molecule has 24 heavy (non-hydrogen) atoms. The normalized spacial score (nSPS) is 21.5. The van der Waals surface area contributed by atoms with Gasteiger partial charge in [-0.2, -0.15) is 0 Å². The molecule has 0 N–H and O–H groups in total. The van der Waals surface area contributed by atoms with E-state index in [1.807, 2.05) is 0 Å². The summed E-state index contributed by atoms with van der Waals surface area (Å²) in [5.74, 6) is 1.37. The predicted molar refractivity (Wildman–Crippen MR) is 99.9 cm³/mol. The van der Waals surface area contributed by atoms with Gasteiger partial charge in [-0.15, -0.1) is 0 Å². The molecule has 2 aromatic carbocycles. The SMILES string of the molecule is C[CH](CCC1C=Cc2ccccc21)[Zr][CH2]C1C=Cc2ccccc21.